The number of ether oxygens (including phenoxy) is 1. The minimum absolute atomic E-state index is 0.0576. The maximum absolute atomic E-state index is 11.4. The summed E-state index contributed by atoms with van der Waals surface area (Å²) in [7, 11) is 1.56. The van der Waals surface area contributed by atoms with E-state index in [1.54, 1.807) is 39.2 Å². The van der Waals surface area contributed by atoms with E-state index in [9.17, 15) is 4.79 Å². The largest absolute Gasteiger partial charge is 0.496 e. The summed E-state index contributed by atoms with van der Waals surface area (Å²) < 4.78 is 10.6. The van der Waals surface area contributed by atoms with Gasteiger partial charge < -0.3 is 14.5 Å². The molecular formula is C13H15N3O3. The maximum Gasteiger partial charge on any atom is 0.251 e. The number of rotatable bonds is 4. The van der Waals surface area contributed by atoms with E-state index in [1.807, 2.05) is 0 Å². The predicted molar refractivity (Wildman–Crippen MR) is 69.9 cm³/mol. The van der Waals surface area contributed by atoms with E-state index >= 15 is 0 Å². The normalized spacial score (nSPS) is 10.3. The van der Waals surface area contributed by atoms with Crippen LogP contribution >= 0.6 is 0 Å². The van der Waals surface area contributed by atoms with E-state index < -0.39 is 0 Å². The lowest BCUT2D eigenvalue weighted by atomic mass is 10.1. The summed E-state index contributed by atoms with van der Waals surface area (Å²) in [6.07, 6.45) is 0.418. The highest BCUT2D eigenvalue weighted by molar-refractivity contribution is 5.91. The highest BCUT2D eigenvalue weighted by atomic mass is 16.5. The van der Waals surface area contributed by atoms with Crippen LogP contribution in [0.2, 0.25) is 0 Å². The average Bonchev–Trinajstić information content (AvgIpc) is 2.85. The van der Waals surface area contributed by atoms with Gasteiger partial charge in [0.1, 0.15) is 5.75 Å². The number of nitrogens with zero attached hydrogens (tertiary/aromatic N) is 2. The molecule has 1 aromatic carbocycles. The molecule has 6 heteroatoms. The van der Waals surface area contributed by atoms with Gasteiger partial charge in [0.2, 0.25) is 11.8 Å². The molecule has 0 atom stereocenters. The zero-order chi connectivity index (χ0) is 13.8. The van der Waals surface area contributed by atoms with E-state index in [4.69, 9.17) is 9.15 Å². The minimum atomic E-state index is -0.0576. The van der Waals surface area contributed by atoms with Crippen molar-refractivity contribution >= 4 is 11.6 Å². The van der Waals surface area contributed by atoms with Crippen molar-refractivity contribution in [1.82, 2.24) is 10.2 Å². The molecule has 0 saturated carbocycles. The highest BCUT2D eigenvalue weighted by Gasteiger charge is 2.13. The monoisotopic (exact) mass is 261 g/mol. The van der Waals surface area contributed by atoms with Crippen LogP contribution < -0.4 is 10.1 Å². The molecule has 1 aromatic heterocycles. The standard InChI is InChI=1S/C13H15N3O3/c1-4-12(17)14-9-5-6-11(18-3)10(7-9)13-16-15-8(2)19-13/h5-7H,4H2,1-3H3,(H,14,17). The Kier molecular flexibility index (Phi) is 3.79. The number of aromatic nitrogens is 2. The number of carbonyl (C=O) groups excluding carboxylic acids is 1. The molecule has 100 valence electrons. The zero-order valence-electron chi connectivity index (χ0n) is 11.1. The molecule has 0 fully saturated rings. The molecule has 0 saturated heterocycles. The molecule has 2 rings (SSSR count). The van der Waals surface area contributed by atoms with Crippen LogP contribution in [0.4, 0.5) is 5.69 Å². The van der Waals surface area contributed by atoms with Crippen molar-refractivity contribution in [1.29, 1.82) is 0 Å². The summed E-state index contributed by atoms with van der Waals surface area (Å²) in [5.74, 6) is 1.39. The Hall–Kier alpha value is -2.37. The van der Waals surface area contributed by atoms with Crippen molar-refractivity contribution < 1.29 is 13.9 Å². The van der Waals surface area contributed by atoms with Crippen molar-refractivity contribution in [2.75, 3.05) is 12.4 Å². The van der Waals surface area contributed by atoms with E-state index in [1.165, 1.54) is 0 Å². The van der Waals surface area contributed by atoms with Gasteiger partial charge in [-0.1, -0.05) is 6.92 Å². The summed E-state index contributed by atoms with van der Waals surface area (Å²) in [4.78, 5) is 11.4. The number of benzene rings is 1. The number of amides is 1. The number of aryl methyl sites for hydroxylation is 1. The molecule has 0 unspecified atom stereocenters. The lowest BCUT2D eigenvalue weighted by Gasteiger charge is -2.08. The molecular weight excluding hydrogens is 246 g/mol. The number of methoxy groups -OCH3 is 1. The third-order valence-electron chi connectivity index (χ3n) is 2.56. The van der Waals surface area contributed by atoms with Crippen LogP contribution in [0.1, 0.15) is 19.2 Å². The van der Waals surface area contributed by atoms with Gasteiger partial charge in [-0.05, 0) is 18.2 Å². The molecule has 2 aromatic rings. The van der Waals surface area contributed by atoms with Gasteiger partial charge in [0.05, 0.1) is 12.7 Å². The SMILES string of the molecule is CCC(=O)Nc1ccc(OC)c(-c2nnc(C)o2)c1. The van der Waals surface area contributed by atoms with Gasteiger partial charge in [-0.15, -0.1) is 10.2 Å². The number of nitrogens with one attached hydrogen (secondary N) is 1. The van der Waals surface area contributed by atoms with Gasteiger partial charge in [0.15, 0.2) is 0 Å². The van der Waals surface area contributed by atoms with E-state index in [0.717, 1.165) is 0 Å². The van der Waals surface area contributed by atoms with E-state index in [-0.39, 0.29) is 5.91 Å². The van der Waals surface area contributed by atoms with Gasteiger partial charge in [-0.2, -0.15) is 0 Å². The number of anilines is 1. The average molecular weight is 261 g/mol. The quantitative estimate of drug-likeness (QED) is 0.914. The molecule has 0 radical (unpaired) electrons. The van der Waals surface area contributed by atoms with E-state index in [0.29, 0.717) is 35.2 Å². The van der Waals surface area contributed by atoms with Crippen molar-refractivity contribution in [2.24, 2.45) is 0 Å². The van der Waals surface area contributed by atoms with Crippen LogP contribution in [0.15, 0.2) is 22.6 Å². The van der Waals surface area contributed by atoms with Crippen molar-refractivity contribution in [3.63, 3.8) is 0 Å². The second-order valence-corrected chi connectivity index (χ2v) is 3.94. The first kappa shape index (κ1) is 13.1. The predicted octanol–water partition coefficient (Wildman–Crippen LogP) is 2.40. The van der Waals surface area contributed by atoms with Gasteiger partial charge in [0.25, 0.3) is 5.89 Å². The van der Waals surface area contributed by atoms with Crippen molar-refractivity contribution in [2.45, 2.75) is 20.3 Å². The number of hydrogen-bond donors (Lipinski definition) is 1. The van der Waals surface area contributed by atoms with Gasteiger partial charge in [0, 0.05) is 19.0 Å². The lowest BCUT2D eigenvalue weighted by Crippen LogP contribution is -2.09. The molecule has 1 amide bonds. The Morgan fingerprint density at radius 2 is 2.21 bits per heavy atom. The summed E-state index contributed by atoms with van der Waals surface area (Å²) in [5, 5.41) is 10.5. The van der Waals surface area contributed by atoms with Gasteiger partial charge >= 0.3 is 0 Å². The third-order valence-corrected chi connectivity index (χ3v) is 2.56. The fourth-order valence-corrected chi connectivity index (χ4v) is 1.61. The first-order valence-electron chi connectivity index (χ1n) is 5.92. The van der Waals surface area contributed by atoms with Gasteiger partial charge in [-0.3, -0.25) is 4.79 Å². The van der Waals surface area contributed by atoms with Crippen LogP contribution in [0.25, 0.3) is 11.5 Å². The molecule has 19 heavy (non-hydrogen) atoms. The third kappa shape index (κ3) is 2.90. The second kappa shape index (κ2) is 5.51. The highest BCUT2D eigenvalue weighted by Crippen LogP contribution is 2.31. The Morgan fingerprint density at radius 1 is 1.42 bits per heavy atom. The molecule has 6 nitrogen and oxygen atoms in total. The lowest BCUT2D eigenvalue weighted by molar-refractivity contribution is -0.115. The summed E-state index contributed by atoms with van der Waals surface area (Å²) in [6.45, 7) is 3.51. The fraction of sp³-hybridized carbons (Fsp3) is 0.308. The zero-order valence-corrected chi connectivity index (χ0v) is 11.1. The Labute approximate surface area is 110 Å². The molecule has 0 aliphatic heterocycles. The first-order chi connectivity index (χ1) is 9.13. The van der Waals surface area contributed by atoms with Crippen LogP contribution in [0, 0.1) is 6.92 Å². The first-order valence-corrected chi connectivity index (χ1v) is 5.92. The topological polar surface area (TPSA) is 77.2 Å². The smallest absolute Gasteiger partial charge is 0.251 e. The maximum atomic E-state index is 11.4. The molecule has 0 aliphatic carbocycles. The number of hydrogen-bond acceptors (Lipinski definition) is 5. The molecule has 0 aliphatic rings. The Morgan fingerprint density at radius 3 is 2.79 bits per heavy atom. The summed E-state index contributed by atoms with van der Waals surface area (Å²) in [6, 6.07) is 5.26. The Bertz CT molecular complexity index is 593. The fourth-order valence-electron chi connectivity index (χ4n) is 1.61. The van der Waals surface area contributed by atoms with E-state index in [2.05, 4.69) is 15.5 Å². The van der Waals surface area contributed by atoms with Crippen LogP contribution in [0.5, 0.6) is 5.75 Å². The Balaban J connectivity index is 2.39. The van der Waals surface area contributed by atoms with Crippen molar-refractivity contribution in [3.05, 3.63) is 24.1 Å². The van der Waals surface area contributed by atoms with Crippen molar-refractivity contribution in [3.8, 4) is 17.2 Å². The summed E-state index contributed by atoms with van der Waals surface area (Å²) in [5.41, 5.74) is 1.32. The minimum Gasteiger partial charge on any atom is -0.496 e. The molecule has 1 N–H and O–H groups in total. The van der Waals surface area contributed by atoms with Crippen LogP contribution in [0.3, 0.4) is 0 Å². The molecule has 0 bridgehead atoms. The van der Waals surface area contributed by atoms with Crippen LogP contribution in [-0.2, 0) is 4.79 Å². The second-order valence-electron chi connectivity index (χ2n) is 3.94. The summed E-state index contributed by atoms with van der Waals surface area (Å²) >= 11 is 0. The molecule has 1 heterocycles. The van der Waals surface area contributed by atoms with Gasteiger partial charge in [-0.25, -0.2) is 0 Å². The van der Waals surface area contributed by atoms with Crippen LogP contribution in [-0.4, -0.2) is 23.2 Å². The molecule has 0 spiro atoms. The number of carbonyl (C=O) groups is 1.